The zero-order valence-corrected chi connectivity index (χ0v) is 14.0. The van der Waals surface area contributed by atoms with E-state index in [1.807, 2.05) is 27.7 Å². The first-order valence-corrected chi connectivity index (χ1v) is 7.27. The molecule has 0 aromatic heterocycles. The Kier molecular flexibility index (Phi) is 5.37. The largest absolute Gasteiger partial charge is 0.460 e. The normalized spacial score (nSPS) is 24.8. The van der Waals surface area contributed by atoms with Gasteiger partial charge in [-0.25, -0.2) is 0 Å². The van der Waals surface area contributed by atoms with Crippen molar-refractivity contribution in [2.75, 3.05) is 6.61 Å². The number of carbonyl (C=O) groups excluding carboxylic acids is 1. The van der Waals surface area contributed by atoms with Crippen LogP contribution in [0.1, 0.15) is 41.5 Å². The van der Waals surface area contributed by atoms with Crippen LogP contribution in [0.4, 0.5) is 0 Å². The van der Waals surface area contributed by atoms with Crippen LogP contribution in [0, 0.1) is 17.3 Å². The van der Waals surface area contributed by atoms with Crippen molar-refractivity contribution in [3.8, 4) is 0 Å². The topological polar surface area (TPSA) is 47.9 Å². The van der Waals surface area contributed by atoms with Gasteiger partial charge in [0.05, 0.1) is 12.1 Å². The van der Waals surface area contributed by atoms with E-state index in [9.17, 15) is 4.79 Å². The fourth-order valence-corrected chi connectivity index (χ4v) is 2.35. The summed E-state index contributed by atoms with van der Waals surface area (Å²) in [4.78, 5) is 17.2. The Labute approximate surface area is 127 Å². The molecule has 1 rings (SSSR count). The van der Waals surface area contributed by atoms with E-state index < -0.39 is 5.60 Å². The van der Waals surface area contributed by atoms with Crippen molar-refractivity contribution in [3.05, 3.63) is 24.3 Å². The highest BCUT2D eigenvalue weighted by Crippen LogP contribution is 2.60. The Morgan fingerprint density at radius 1 is 1.38 bits per heavy atom. The lowest BCUT2D eigenvalue weighted by Gasteiger charge is -2.19. The Hall–Kier alpha value is -1.58. The third-order valence-electron chi connectivity index (χ3n) is 3.54. The maximum absolute atomic E-state index is 12.2. The van der Waals surface area contributed by atoms with Crippen molar-refractivity contribution in [3.63, 3.8) is 0 Å². The number of carbonyl (C=O) groups is 1. The van der Waals surface area contributed by atoms with Crippen LogP contribution >= 0.6 is 0 Å². The van der Waals surface area contributed by atoms with Crippen LogP contribution in [0.5, 0.6) is 0 Å². The van der Waals surface area contributed by atoms with Gasteiger partial charge in [0.2, 0.25) is 0 Å². The van der Waals surface area contributed by atoms with Crippen LogP contribution in [0.25, 0.3) is 0 Å². The summed E-state index contributed by atoms with van der Waals surface area (Å²) >= 11 is 0. The Morgan fingerprint density at radius 3 is 2.52 bits per heavy atom. The Morgan fingerprint density at radius 2 is 2.00 bits per heavy atom. The molecule has 0 amide bonds. The van der Waals surface area contributed by atoms with Crippen molar-refractivity contribution >= 4 is 12.2 Å². The minimum atomic E-state index is -0.445. The summed E-state index contributed by atoms with van der Waals surface area (Å²) in [6.45, 7) is 15.7. The van der Waals surface area contributed by atoms with Gasteiger partial charge < -0.3 is 9.57 Å². The molecule has 1 aliphatic rings. The minimum absolute atomic E-state index is 0.0700. The van der Waals surface area contributed by atoms with Gasteiger partial charge in [-0.2, -0.15) is 0 Å². The molecule has 1 saturated carbocycles. The van der Waals surface area contributed by atoms with Crippen molar-refractivity contribution in [2.45, 2.75) is 47.1 Å². The summed E-state index contributed by atoms with van der Waals surface area (Å²) in [5.41, 5.74) is 0.460. The third-order valence-corrected chi connectivity index (χ3v) is 3.54. The molecule has 118 valence electrons. The minimum Gasteiger partial charge on any atom is -0.460 e. The van der Waals surface area contributed by atoms with E-state index >= 15 is 0 Å². The molecule has 0 N–H and O–H groups in total. The molecule has 4 nitrogen and oxygen atoms in total. The molecular weight excluding hydrogens is 266 g/mol. The van der Waals surface area contributed by atoms with Gasteiger partial charge in [-0.05, 0) is 44.6 Å². The fourth-order valence-electron chi connectivity index (χ4n) is 2.35. The monoisotopic (exact) mass is 293 g/mol. The number of esters is 1. The van der Waals surface area contributed by atoms with Crippen LogP contribution < -0.4 is 0 Å². The standard InChI is InChI=1S/C17H27NO3/c1-8-9-20-18-11-12(2)10-13-14(17(13,6)7)15(19)21-16(3,4)5/h8,10-11,13-14H,1,9H2,2-7H3/t13-,14+/m1/s1. The van der Waals surface area contributed by atoms with E-state index in [0.717, 1.165) is 5.57 Å². The number of allylic oxidation sites excluding steroid dienone is 2. The van der Waals surface area contributed by atoms with Gasteiger partial charge in [0.15, 0.2) is 0 Å². The Balaban J connectivity index is 2.65. The second-order valence-corrected chi connectivity index (χ2v) is 7.09. The van der Waals surface area contributed by atoms with Gasteiger partial charge >= 0.3 is 5.97 Å². The predicted octanol–water partition coefficient (Wildman–Crippen LogP) is 3.74. The molecule has 1 fully saturated rings. The highest BCUT2D eigenvalue weighted by atomic mass is 16.6. The maximum Gasteiger partial charge on any atom is 0.310 e. The van der Waals surface area contributed by atoms with E-state index in [-0.39, 0.29) is 23.2 Å². The van der Waals surface area contributed by atoms with Crippen molar-refractivity contribution in [1.82, 2.24) is 0 Å². The number of hydrogen-bond donors (Lipinski definition) is 0. The Bertz CT molecular complexity index is 455. The molecule has 0 aromatic rings. The first kappa shape index (κ1) is 17.5. The molecule has 1 aliphatic carbocycles. The molecular formula is C17H27NO3. The van der Waals surface area contributed by atoms with E-state index in [1.54, 1.807) is 12.3 Å². The number of ether oxygens (including phenoxy) is 1. The summed E-state index contributed by atoms with van der Waals surface area (Å²) in [5.74, 6) is -0.0335. The van der Waals surface area contributed by atoms with E-state index in [0.29, 0.717) is 6.61 Å². The number of rotatable bonds is 6. The van der Waals surface area contributed by atoms with Gasteiger partial charge in [-0.15, -0.1) is 0 Å². The number of hydrogen-bond acceptors (Lipinski definition) is 4. The van der Waals surface area contributed by atoms with Crippen molar-refractivity contribution < 1.29 is 14.4 Å². The average molecular weight is 293 g/mol. The maximum atomic E-state index is 12.2. The zero-order valence-electron chi connectivity index (χ0n) is 14.0. The van der Waals surface area contributed by atoms with Gasteiger partial charge in [0, 0.05) is 0 Å². The molecule has 0 heterocycles. The van der Waals surface area contributed by atoms with Gasteiger partial charge in [0.25, 0.3) is 0 Å². The molecule has 21 heavy (non-hydrogen) atoms. The van der Waals surface area contributed by atoms with E-state index in [2.05, 4.69) is 31.7 Å². The molecule has 0 aromatic carbocycles. The molecule has 0 bridgehead atoms. The van der Waals surface area contributed by atoms with Gasteiger partial charge in [0.1, 0.15) is 12.2 Å². The quantitative estimate of drug-likeness (QED) is 0.246. The second kappa shape index (κ2) is 6.46. The molecule has 0 aliphatic heterocycles. The lowest BCUT2D eigenvalue weighted by atomic mass is 10.1. The predicted molar refractivity (Wildman–Crippen MR) is 85.0 cm³/mol. The fraction of sp³-hybridized carbons (Fsp3) is 0.647. The average Bonchev–Trinajstić information content (AvgIpc) is 2.84. The summed E-state index contributed by atoms with van der Waals surface area (Å²) in [6.07, 6.45) is 5.36. The molecule has 0 spiro atoms. The summed E-state index contributed by atoms with van der Waals surface area (Å²) in [7, 11) is 0. The molecule has 4 heteroatoms. The van der Waals surface area contributed by atoms with E-state index in [4.69, 9.17) is 9.57 Å². The zero-order chi connectivity index (χ0) is 16.3. The van der Waals surface area contributed by atoms with Crippen LogP contribution in [-0.4, -0.2) is 24.4 Å². The highest BCUT2D eigenvalue weighted by molar-refractivity contribution is 5.81. The van der Waals surface area contributed by atoms with Gasteiger partial charge in [-0.3, -0.25) is 4.79 Å². The molecule has 0 saturated heterocycles. The lowest BCUT2D eigenvalue weighted by Crippen LogP contribution is -2.26. The van der Waals surface area contributed by atoms with Crippen molar-refractivity contribution in [1.29, 1.82) is 0 Å². The molecule has 0 radical (unpaired) electrons. The van der Waals surface area contributed by atoms with Crippen molar-refractivity contribution in [2.24, 2.45) is 22.4 Å². The molecule has 2 atom stereocenters. The first-order valence-electron chi connectivity index (χ1n) is 7.27. The molecule has 0 unspecified atom stereocenters. The highest BCUT2D eigenvalue weighted by Gasteiger charge is 2.61. The number of oxime groups is 1. The summed E-state index contributed by atoms with van der Waals surface area (Å²) in [5, 5.41) is 3.84. The SMILES string of the molecule is C=CCON=CC(C)=C[C@@H]1[C@@H](C(=O)OC(C)(C)C)C1(C)C. The smallest absolute Gasteiger partial charge is 0.310 e. The summed E-state index contributed by atoms with van der Waals surface area (Å²) in [6, 6.07) is 0. The third kappa shape index (κ3) is 5.03. The second-order valence-electron chi connectivity index (χ2n) is 7.09. The van der Waals surface area contributed by atoms with E-state index in [1.165, 1.54) is 0 Å². The summed E-state index contributed by atoms with van der Waals surface area (Å²) < 4.78 is 5.48. The van der Waals surface area contributed by atoms with Crippen LogP contribution in [0.15, 0.2) is 29.5 Å². The van der Waals surface area contributed by atoms with Crippen LogP contribution in [0.2, 0.25) is 0 Å². The van der Waals surface area contributed by atoms with Gasteiger partial charge in [-0.1, -0.05) is 37.7 Å². The first-order chi connectivity index (χ1) is 9.59. The number of nitrogens with zero attached hydrogens (tertiary/aromatic N) is 1. The lowest BCUT2D eigenvalue weighted by molar-refractivity contribution is -0.157. The van der Waals surface area contributed by atoms with Crippen LogP contribution in [-0.2, 0) is 14.4 Å². The van der Waals surface area contributed by atoms with Crippen LogP contribution in [0.3, 0.4) is 0 Å².